The van der Waals surface area contributed by atoms with Crippen LogP contribution in [0.15, 0.2) is 18.6 Å². The number of ether oxygens (including phenoxy) is 1. The lowest BCUT2D eigenvalue weighted by atomic mass is 10.0. The van der Waals surface area contributed by atoms with Crippen molar-refractivity contribution < 1.29 is 14.3 Å². The summed E-state index contributed by atoms with van der Waals surface area (Å²) >= 11 is 0. The SMILES string of the molecule is COCCC(=O)NC1CCN(C(=O)c2cnccn2)CC1. The Morgan fingerprint density at radius 2 is 2.14 bits per heavy atom. The summed E-state index contributed by atoms with van der Waals surface area (Å²) in [5.41, 5.74) is 0.361. The van der Waals surface area contributed by atoms with Crippen molar-refractivity contribution in [2.75, 3.05) is 26.8 Å². The third-order valence-electron chi connectivity index (χ3n) is 3.46. The van der Waals surface area contributed by atoms with Gasteiger partial charge in [-0.1, -0.05) is 0 Å². The molecule has 0 unspecified atom stereocenters. The predicted molar refractivity (Wildman–Crippen MR) is 75.6 cm³/mol. The molecule has 21 heavy (non-hydrogen) atoms. The number of carbonyl (C=O) groups excluding carboxylic acids is 2. The molecule has 0 atom stereocenters. The number of methoxy groups -OCH3 is 1. The Hall–Kier alpha value is -2.02. The molecular weight excluding hydrogens is 272 g/mol. The number of hydrogen-bond acceptors (Lipinski definition) is 5. The molecule has 0 bridgehead atoms. The van der Waals surface area contributed by atoms with E-state index in [2.05, 4.69) is 15.3 Å². The van der Waals surface area contributed by atoms with Crippen LogP contribution in [-0.4, -0.2) is 59.5 Å². The van der Waals surface area contributed by atoms with Crippen LogP contribution in [0.3, 0.4) is 0 Å². The Kier molecular flexibility index (Phi) is 5.62. The normalized spacial score (nSPS) is 15.8. The minimum atomic E-state index is -0.104. The third-order valence-corrected chi connectivity index (χ3v) is 3.46. The van der Waals surface area contributed by atoms with Crippen LogP contribution in [0, 0.1) is 0 Å². The number of aromatic nitrogens is 2. The fourth-order valence-electron chi connectivity index (χ4n) is 2.29. The van der Waals surface area contributed by atoms with Crippen LogP contribution in [0.2, 0.25) is 0 Å². The van der Waals surface area contributed by atoms with E-state index in [1.54, 1.807) is 18.2 Å². The molecule has 0 aliphatic carbocycles. The molecule has 7 heteroatoms. The van der Waals surface area contributed by atoms with Gasteiger partial charge in [0, 0.05) is 45.1 Å². The number of piperidine rings is 1. The predicted octanol–water partition coefficient (Wildman–Crippen LogP) is 0.234. The molecule has 1 saturated heterocycles. The number of hydrogen-bond donors (Lipinski definition) is 1. The van der Waals surface area contributed by atoms with Gasteiger partial charge in [-0.3, -0.25) is 14.6 Å². The van der Waals surface area contributed by atoms with Gasteiger partial charge in [-0.25, -0.2) is 4.98 Å². The van der Waals surface area contributed by atoms with Gasteiger partial charge < -0.3 is 15.0 Å². The van der Waals surface area contributed by atoms with Crippen molar-refractivity contribution in [3.63, 3.8) is 0 Å². The van der Waals surface area contributed by atoms with Crippen LogP contribution in [-0.2, 0) is 9.53 Å². The number of nitrogens with one attached hydrogen (secondary N) is 1. The maximum absolute atomic E-state index is 12.2. The second-order valence-electron chi connectivity index (χ2n) is 4.97. The number of carbonyl (C=O) groups is 2. The molecule has 1 aliphatic rings. The standard InChI is InChI=1S/C14H20N4O3/c1-21-9-4-13(19)17-11-2-7-18(8-3-11)14(20)12-10-15-5-6-16-12/h5-6,10-11H,2-4,7-9H2,1H3,(H,17,19). The van der Waals surface area contributed by atoms with E-state index in [-0.39, 0.29) is 17.9 Å². The maximum Gasteiger partial charge on any atom is 0.274 e. The highest BCUT2D eigenvalue weighted by Gasteiger charge is 2.25. The summed E-state index contributed by atoms with van der Waals surface area (Å²) < 4.78 is 4.87. The van der Waals surface area contributed by atoms with E-state index in [1.165, 1.54) is 12.4 Å². The monoisotopic (exact) mass is 292 g/mol. The van der Waals surface area contributed by atoms with Gasteiger partial charge in [0.1, 0.15) is 5.69 Å². The Labute approximate surface area is 123 Å². The first-order chi connectivity index (χ1) is 10.2. The Bertz CT molecular complexity index is 472. The van der Waals surface area contributed by atoms with Crippen LogP contribution < -0.4 is 5.32 Å². The molecule has 0 spiro atoms. The van der Waals surface area contributed by atoms with Gasteiger partial charge in [-0.15, -0.1) is 0 Å². The highest BCUT2D eigenvalue weighted by molar-refractivity contribution is 5.92. The molecule has 0 aromatic carbocycles. The van der Waals surface area contributed by atoms with Gasteiger partial charge in [-0.05, 0) is 12.8 Å². The number of nitrogens with zero attached hydrogens (tertiary/aromatic N) is 3. The first-order valence-corrected chi connectivity index (χ1v) is 7.04. The second-order valence-corrected chi connectivity index (χ2v) is 4.97. The maximum atomic E-state index is 12.2. The van der Waals surface area contributed by atoms with Crippen molar-refractivity contribution in [1.82, 2.24) is 20.2 Å². The molecule has 7 nitrogen and oxygen atoms in total. The van der Waals surface area contributed by atoms with E-state index in [1.807, 2.05) is 0 Å². The summed E-state index contributed by atoms with van der Waals surface area (Å²) in [5, 5.41) is 2.97. The second kappa shape index (κ2) is 7.68. The van der Waals surface area contributed by atoms with Gasteiger partial charge >= 0.3 is 0 Å². The van der Waals surface area contributed by atoms with Crippen LogP contribution in [0.25, 0.3) is 0 Å². The zero-order chi connectivity index (χ0) is 15.1. The van der Waals surface area contributed by atoms with Crippen LogP contribution in [0.1, 0.15) is 29.8 Å². The lowest BCUT2D eigenvalue weighted by Gasteiger charge is -2.32. The minimum Gasteiger partial charge on any atom is -0.384 e. The first-order valence-electron chi connectivity index (χ1n) is 7.04. The Balaban J connectivity index is 1.78. The average Bonchev–Trinajstić information content (AvgIpc) is 2.54. The van der Waals surface area contributed by atoms with Crippen molar-refractivity contribution in [1.29, 1.82) is 0 Å². The van der Waals surface area contributed by atoms with E-state index in [4.69, 9.17) is 4.74 Å². The zero-order valence-corrected chi connectivity index (χ0v) is 12.1. The first kappa shape index (κ1) is 15.4. The summed E-state index contributed by atoms with van der Waals surface area (Å²) in [6.45, 7) is 1.66. The average molecular weight is 292 g/mol. The summed E-state index contributed by atoms with van der Waals surface area (Å²) in [4.78, 5) is 33.5. The highest BCUT2D eigenvalue weighted by Crippen LogP contribution is 2.13. The molecule has 1 fully saturated rings. The van der Waals surface area contributed by atoms with Gasteiger partial charge in [0.15, 0.2) is 0 Å². The van der Waals surface area contributed by atoms with Crippen molar-refractivity contribution in [3.05, 3.63) is 24.3 Å². The third kappa shape index (κ3) is 4.49. The molecule has 0 saturated carbocycles. The van der Waals surface area contributed by atoms with Gasteiger partial charge in [-0.2, -0.15) is 0 Å². The van der Waals surface area contributed by atoms with E-state index >= 15 is 0 Å². The molecule has 2 amide bonds. The fraction of sp³-hybridized carbons (Fsp3) is 0.571. The number of likely N-dealkylation sites (tertiary alicyclic amines) is 1. The fourth-order valence-corrected chi connectivity index (χ4v) is 2.29. The molecule has 1 N–H and O–H groups in total. The smallest absolute Gasteiger partial charge is 0.274 e. The van der Waals surface area contributed by atoms with Crippen molar-refractivity contribution in [2.45, 2.75) is 25.3 Å². The summed E-state index contributed by atoms with van der Waals surface area (Å²) in [5.74, 6) is -0.109. The minimum absolute atomic E-state index is 0.00412. The topological polar surface area (TPSA) is 84.4 Å². The molecule has 114 valence electrons. The molecule has 1 aliphatic heterocycles. The van der Waals surface area contributed by atoms with Gasteiger partial charge in [0.2, 0.25) is 5.91 Å². The lowest BCUT2D eigenvalue weighted by Crippen LogP contribution is -2.46. The van der Waals surface area contributed by atoms with E-state index in [9.17, 15) is 9.59 Å². The summed E-state index contributed by atoms with van der Waals surface area (Å²) in [6.07, 6.45) is 6.40. The van der Waals surface area contributed by atoms with Crippen LogP contribution in [0.5, 0.6) is 0 Å². The van der Waals surface area contributed by atoms with Crippen molar-refractivity contribution in [2.24, 2.45) is 0 Å². The molecule has 1 aromatic heterocycles. The summed E-state index contributed by atoms with van der Waals surface area (Å²) in [6, 6.07) is 0.125. The Morgan fingerprint density at radius 1 is 1.38 bits per heavy atom. The van der Waals surface area contributed by atoms with Crippen LogP contribution in [0.4, 0.5) is 0 Å². The van der Waals surface area contributed by atoms with E-state index in [0.29, 0.717) is 31.8 Å². The highest BCUT2D eigenvalue weighted by atomic mass is 16.5. The molecule has 0 radical (unpaired) electrons. The van der Waals surface area contributed by atoms with Crippen molar-refractivity contribution in [3.8, 4) is 0 Å². The molecular formula is C14H20N4O3. The van der Waals surface area contributed by atoms with Crippen molar-refractivity contribution >= 4 is 11.8 Å². The molecule has 2 heterocycles. The Morgan fingerprint density at radius 3 is 2.76 bits per heavy atom. The van der Waals surface area contributed by atoms with E-state index in [0.717, 1.165) is 12.8 Å². The molecule has 2 rings (SSSR count). The largest absolute Gasteiger partial charge is 0.384 e. The zero-order valence-electron chi connectivity index (χ0n) is 12.1. The van der Waals surface area contributed by atoms with Crippen LogP contribution >= 0.6 is 0 Å². The summed E-state index contributed by atoms with van der Waals surface area (Å²) in [7, 11) is 1.57. The number of rotatable bonds is 5. The molecule has 1 aromatic rings. The number of amides is 2. The van der Waals surface area contributed by atoms with Gasteiger partial charge in [0.25, 0.3) is 5.91 Å². The van der Waals surface area contributed by atoms with Gasteiger partial charge in [0.05, 0.1) is 12.8 Å². The quantitative estimate of drug-likeness (QED) is 0.840. The van der Waals surface area contributed by atoms with E-state index < -0.39 is 0 Å². The lowest BCUT2D eigenvalue weighted by molar-refractivity contribution is -0.122.